The first-order chi connectivity index (χ1) is 17.0. The lowest BCUT2D eigenvalue weighted by Gasteiger charge is -2.34. The van der Waals surface area contributed by atoms with Gasteiger partial charge in [0, 0.05) is 62.2 Å². The van der Waals surface area contributed by atoms with Gasteiger partial charge in [-0.25, -0.2) is 4.98 Å². The minimum absolute atomic E-state index is 0.0309. The normalized spacial score (nSPS) is 15.7. The molecular formula is C27H34N4O3S. The van der Waals surface area contributed by atoms with Gasteiger partial charge < -0.3 is 9.73 Å². The van der Waals surface area contributed by atoms with Crippen molar-refractivity contribution in [2.24, 2.45) is 0 Å². The molecule has 0 radical (unpaired) electrons. The number of oxazole rings is 1. The van der Waals surface area contributed by atoms with E-state index in [1.165, 1.54) is 5.56 Å². The zero-order valence-corrected chi connectivity index (χ0v) is 21.4. The van der Waals surface area contributed by atoms with E-state index in [0.717, 1.165) is 50.4 Å². The number of benzene rings is 2. The van der Waals surface area contributed by atoms with Gasteiger partial charge in [-0.3, -0.25) is 18.8 Å². The summed E-state index contributed by atoms with van der Waals surface area (Å²) in [6.45, 7) is 10.2. The second-order valence-electron chi connectivity index (χ2n) is 9.02. The van der Waals surface area contributed by atoms with Crippen LogP contribution in [0, 0.1) is 13.8 Å². The van der Waals surface area contributed by atoms with Crippen molar-refractivity contribution >= 4 is 16.7 Å². The fraction of sp³-hybridized carbons (Fsp3) is 0.407. The molecular weight excluding hydrogens is 460 g/mol. The SMILES string of the molecule is Cc1ccccc1-c1nc(C[S@](=O)CC(=O)NCCN2CCN(Cc3ccccc3)CC2)c(C)o1. The van der Waals surface area contributed by atoms with Crippen molar-refractivity contribution < 1.29 is 13.4 Å². The molecule has 2 aromatic carbocycles. The summed E-state index contributed by atoms with van der Waals surface area (Å²) in [6, 6.07) is 18.4. The number of aryl methyl sites for hydroxylation is 2. The van der Waals surface area contributed by atoms with Gasteiger partial charge in [-0.15, -0.1) is 0 Å². The van der Waals surface area contributed by atoms with Gasteiger partial charge in [0.2, 0.25) is 11.8 Å². The lowest BCUT2D eigenvalue weighted by Crippen LogP contribution is -2.48. The number of aromatic nitrogens is 1. The number of hydrogen-bond acceptors (Lipinski definition) is 6. The molecule has 8 heteroatoms. The molecule has 186 valence electrons. The third kappa shape index (κ3) is 7.34. The molecule has 0 unspecified atom stereocenters. The van der Waals surface area contributed by atoms with Gasteiger partial charge in [0.1, 0.15) is 11.5 Å². The van der Waals surface area contributed by atoms with Crippen LogP contribution in [0.2, 0.25) is 0 Å². The Labute approximate surface area is 210 Å². The van der Waals surface area contributed by atoms with E-state index >= 15 is 0 Å². The molecule has 35 heavy (non-hydrogen) atoms. The number of amides is 1. The van der Waals surface area contributed by atoms with Crippen LogP contribution in [0.15, 0.2) is 59.0 Å². The van der Waals surface area contributed by atoms with Crippen molar-refractivity contribution in [1.29, 1.82) is 0 Å². The summed E-state index contributed by atoms with van der Waals surface area (Å²) in [5.41, 5.74) is 3.97. The summed E-state index contributed by atoms with van der Waals surface area (Å²) < 4.78 is 18.4. The van der Waals surface area contributed by atoms with Gasteiger partial charge in [-0.1, -0.05) is 48.5 Å². The highest BCUT2D eigenvalue weighted by atomic mass is 32.2. The van der Waals surface area contributed by atoms with Crippen molar-refractivity contribution in [2.75, 3.05) is 45.0 Å². The van der Waals surface area contributed by atoms with Crippen LogP contribution in [-0.2, 0) is 27.9 Å². The van der Waals surface area contributed by atoms with E-state index in [1.54, 1.807) is 0 Å². The molecule has 0 bridgehead atoms. The minimum atomic E-state index is -1.35. The van der Waals surface area contributed by atoms with Gasteiger partial charge in [-0.05, 0) is 31.0 Å². The van der Waals surface area contributed by atoms with Crippen LogP contribution in [-0.4, -0.2) is 69.9 Å². The van der Waals surface area contributed by atoms with Gasteiger partial charge in [0.05, 0.1) is 11.4 Å². The Kier molecular flexibility index (Phi) is 8.84. The molecule has 1 saturated heterocycles. The number of rotatable bonds is 10. The molecule has 1 aliphatic rings. The van der Waals surface area contributed by atoms with Gasteiger partial charge in [0.15, 0.2) is 0 Å². The quantitative estimate of drug-likeness (QED) is 0.467. The highest BCUT2D eigenvalue weighted by Crippen LogP contribution is 2.25. The minimum Gasteiger partial charge on any atom is -0.441 e. The van der Waals surface area contributed by atoms with E-state index in [9.17, 15) is 9.00 Å². The van der Waals surface area contributed by atoms with E-state index in [1.807, 2.05) is 44.2 Å². The predicted octanol–water partition coefficient (Wildman–Crippen LogP) is 3.14. The summed E-state index contributed by atoms with van der Waals surface area (Å²) >= 11 is 0. The van der Waals surface area contributed by atoms with Crippen LogP contribution in [0.5, 0.6) is 0 Å². The van der Waals surface area contributed by atoms with Crippen molar-refractivity contribution in [3.05, 3.63) is 77.2 Å². The van der Waals surface area contributed by atoms with E-state index in [4.69, 9.17) is 4.42 Å². The van der Waals surface area contributed by atoms with Gasteiger partial charge in [0.25, 0.3) is 0 Å². The Balaban J connectivity index is 1.15. The largest absolute Gasteiger partial charge is 0.441 e. The van der Waals surface area contributed by atoms with Crippen LogP contribution in [0.3, 0.4) is 0 Å². The average Bonchev–Trinajstić information content (AvgIpc) is 3.20. The Bertz CT molecular complexity index is 1140. The van der Waals surface area contributed by atoms with Crippen LogP contribution in [0.1, 0.15) is 22.6 Å². The topological polar surface area (TPSA) is 78.7 Å². The molecule has 1 fully saturated rings. The zero-order valence-electron chi connectivity index (χ0n) is 20.5. The first-order valence-electron chi connectivity index (χ1n) is 12.1. The molecule has 1 atom stereocenters. The average molecular weight is 495 g/mol. The predicted molar refractivity (Wildman–Crippen MR) is 139 cm³/mol. The standard InChI is InChI=1S/C27H34N4O3S/c1-21-8-6-7-11-24(21)27-29-25(22(2)34-27)19-35(33)20-26(32)28-12-13-30-14-16-31(17-15-30)18-23-9-4-3-5-10-23/h3-11H,12-20H2,1-2H3,(H,28,32)/t35-/m0/s1. The van der Waals surface area contributed by atoms with Crippen molar-refractivity contribution in [2.45, 2.75) is 26.1 Å². The molecule has 0 spiro atoms. The molecule has 1 N–H and O–H groups in total. The molecule has 0 aliphatic carbocycles. The molecule has 4 rings (SSSR count). The second kappa shape index (κ2) is 12.2. The molecule has 2 heterocycles. The van der Waals surface area contributed by atoms with Crippen molar-refractivity contribution in [3.8, 4) is 11.5 Å². The maximum atomic E-state index is 12.6. The molecule has 1 amide bonds. The molecule has 3 aromatic rings. The third-order valence-corrected chi connectivity index (χ3v) is 7.50. The number of hydrogen-bond donors (Lipinski definition) is 1. The van der Waals surface area contributed by atoms with Gasteiger partial charge in [-0.2, -0.15) is 0 Å². The summed E-state index contributed by atoms with van der Waals surface area (Å²) in [4.78, 5) is 21.7. The molecule has 0 saturated carbocycles. The van der Waals surface area contributed by atoms with Crippen LogP contribution in [0.4, 0.5) is 0 Å². The van der Waals surface area contributed by atoms with Crippen LogP contribution in [0.25, 0.3) is 11.5 Å². The fourth-order valence-electron chi connectivity index (χ4n) is 4.26. The number of carbonyl (C=O) groups excluding carboxylic acids is 1. The first kappa shape index (κ1) is 25.3. The summed E-state index contributed by atoms with van der Waals surface area (Å²) in [5, 5.41) is 2.92. The lowest BCUT2D eigenvalue weighted by atomic mass is 10.1. The van der Waals surface area contributed by atoms with Crippen LogP contribution < -0.4 is 5.32 Å². The number of nitrogens with zero attached hydrogens (tertiary/aromatic N) is 3. The highest BCUT2D eigenvalue weighted by Gasteiger charge is 2.19. The Morgan fingerprint density at radius 3 is 2.43 bits per heavy atom. The fourth-order valence-corrected chi connectivity index (χ4v) is 5.33. The number of carbonyl (C=O) groups is 1. The third-order valence-electron chi connectivity index (χ3n) is 6.32. The Morgan fingerprint density at radius 2 is 1.69 bits per heavy atom. The Morgan fingerprint density at radius 1 is 1.00 bits per heavy atom. The smallest absolute Gasteiger partial charge is 0.232 e. The highest BCUT2D eigenvalue weighted by molar-refractivity contribution is 7.84. The Hall–Kier alpha value is -2.81. The molecule has 1 aromatic heterocycles. The zero-order chi connectivity index (χ0) is 24.6. The van der Waals surface area contributed by atoms with Crippen molar-refractivity contribution in [1.82, 2.24) is 20.1 Å². The second-order valence-corrected chi connectivity index (χ2v) is 10.5. The molecule has 1 aliphatic heterocycles. The number of nitrogens with one attached hydrogen (secondary N) is 1. The summed E-state index contributed by atoms with van der Waals surface area (Å²) in [7, 11) is -1.35. The van der Waals surface area contributed by atoms with Gasteiger partial charge >= 0.3 is 0 Å². The summed E-state index contributed by atoms with van der Waals surface area (Å²) in [6.07, 6.45) is 0. The van der Waals surface area contributed by atoms with Crippen molar-refractivity contribution in [3.63, 3.8) is 0 Å². The van der Waals surface area contributed by atoms with E-state index in [2.05, 4.69) is 44.4 Å². The van der Waals surface area contributed by atoms with Crippen LogP contribution >= 0.6 is 0 Å². The number of piperazine rings is 1. The summed E-state index contributed by atoms with van der Waals surface area (Å²) in [5.74, 6) is 1.16. The van der Waals surface area contributed by atoms with E-state index < -0.39 is 10.8 Å². The van der Waals surface area contributed by atoms with E-state index in [0.29, 0.717) is 23.9 Å². The maximum absolute atomic E-state index is 12.6. The first-order valence-corrected chi connectivity index (χ1v) is 13.6. The maximum Gasteiger partial charge on any atom is 0.232 e. The monoisotopic (exact) mass is 494 g/mol. The molecule has 7 nitrogen and oxygen atoms in total. The lowest BCUT2D eigenvalue weighted by molar-refractivity contribution is -0.118. The van der Waals surface area contributed by atoms with E-state index in [-0.39, 0.29) is 17.4 Å².